The molecule has 0 spiro atoms. The van der Waals surface area contributed by atoms with Gasteiger partial charge in [0.05, 0.1) is 23.1 Å². The van der Waals surface area contributed by atoms with E-state index in [1.54, 1.807) is 66.7 Å². The second-order valence-corrected chi connectivity index (χ2v) is 9.68. The van der Waals surface area contributed by atoms with Gasteiger partial charge in [0.25, 0.3) is 10.0 Å². The summed E-state index contributed by atoms with van der Waals surface area (Å²) in [4.78, 5) is 13.0. The highest BCUT2D eigenvalue weighted by Gasteiger charge is 2.27. The number of carbonyl (C=O) groups excluding carboxylic acids is 1. The van der Waals surface area contributed by atoms with Gasteiger partial charge in [-0.15, -0.1) is 0 Å². The number of nitrogens with one attached hydrogen (secondary N) is 1. The largest absolute Gasteiger partial charge is 0.457 e. The van der Waals surface area contributed by atoms with E-state index in [0.29, 0.717) is 22.9 Å². The van der Waals surface area contributed by atoms with Gasteiger partial charge in [-0.05, 0) is 66.2 Å². The van der Waals surface area contributed by atoms with Crippen molar-refractivity contribution in [3.05, 3.63) is 115 Å². The Labute approximate surface area is 210 Å². The van der Waals surface area contributed by atoms with E-state index in [1.807, 2.05) is 30.3 Å². The Morgan fingerprint density at radius 3 is 2.00 bits per heavy atom. The molecular weight excluding hydrogens is 474 g/mol. The highest BCUT2D eigenvalue weighted by molar-refractivity contribution is 7.92. The number of rotatable bonds is 9. The minimum absolute atomic E-state index is 0.0725. The molecule has 0 heterocycles. The normalized spacial score (nSPS) is 10.8. The van der Waals surface area contributed by atoms with E-state index in [2.05, 4.69) is 11.4 Å². The quantitative estimate of drug-likeness (QED) is 0.335. The zero-order valence-electron chi connectivity index (χ0n) is 19.2. The second-order valence-electron chi connectivity index (χ2n) is 7.81. The van der Waals surface area contributed by atoms with Gasteiger partial charge in [-0.3, -0.25) is 9.10 Å². The fourth-order valence-corrected chi connectivity index (χ4v) is 4.91. The number of carbonyl (C=O) groups is 1. The predicted molar refractivity (Wildman–Crippen MR) is 138 cm³/mol. The molecule has 1 N–H and O–H groups in total. The van der Waals surface area contributed by atoms with Gasteiger partial charge in [0.1, 0.15) is 18.0 Å². The Hall–Kier alpha value is -4.61. The van der Waals surface area contributed by atoms with Crippen molar-refractivity contribution >= 4 is 27.3 Å². The van der Waals surface area contributed by atoms with Gasteiger partial charge >= 0.3 is 0 Å². The summed E-state index contributed by atoms with van der Waals surface area (Å²) in [5, 5.41) is 11.5. The van der Waals surface area contributed by atoms with Crippen LogP contribution in [0.2, 0.25) is 0 Å². The van der Waals surface area contributed by atoms with Gasteiger partial charge in [0.2, 0.25) is 5.91 Å². The topological polar surface area (TPSA) is 99.5 Å². The van der Waals surface area contributed by atoms with Crippen LogP contribution in [0.1, 0.15) is 5.56 Å². The van der Waals surface area contributed by atoms with Crippen molar-refractivity contribution in [2.75, 3.05) is 16.2 Å². The van der Waals surface area contributed by atoms with Crippen molar-refractivity contribution in [2.24, 2.45) is 0 Å². The standard InChI is InChI=1S/C28H23N3O4S/c29-20-19-22-11-13-23(14-12-22)30-28(32)21-31(36(33,34)27-9-5-2-6-10-27)24-15-17-26(18-16-24)35-25-7-3-1-4-8-25/h1-18H,19,21H2,(H,30,32). The Bertz CT molecular complexity index is 1450. The summed E-state index contributed by atoms with van der Waals surface area (Å²) in [5.41, 5.74) is 1.64. The minimum atomic E-state index is -4.03. The number of para-hydroxylation sites is 1. The summed E-state index contributed by atoms with van der Waals surface area (Å²) < 4.78 is 33.9. The van der Waals surface area contributed by atoms with Crippen molar-refractivity contribution in [1.82, 2.24) is 0 Å². The number of sulfonamides is 1. The molecule has 4 rings (SSSR count). The Morgan fingerprint density at radius 2 is 1.39 bits per heavy atom. The third-order valence-corrected chi connectivity index (χ3v) is 7.03. The van der Waals surface area contributed by atoms with Crippen LogP contribution in [0.3, 0.4) is 0 Å². The first kappa shape index (κ1) is 24.5. The van der Waals surface area contributed by atoms with E-state index in [9.17, 15) is 13.2 Å². The summed E-state index contributed by atoms with van der Waals surface area (Å²) in [6.45, 7) is -0.434. The number of nitriles is 1. The van der Waals surface area contributed by atoms with Crippen LogP contribution >= 0.6 is 0 Å². The third-order valence-electron chi connectivity index (χ3n) is 5.24. The number of anilines is 2. The monoisotopic (exact) mass is 497 g/mol. The summed E-state index contributed by atoms with van der Waals surface area (Å²) >= 11 is 0. The SMILES string of the molecule is N#CCc1ccc(NC(=O)CN(c2ccc(Oc3ccccc3)cc2)S(=O)(=O)c2ccccc2)cc1. The van der Waals surface area contributed by atoms with Crippen LogP contribution in [0.25, 0.3) is 0 Å². The molecule has 1 amide bonds. The zero-order valence-corrected chi connectivity index (χ0v) is 20.1. The number of amides is 1. The van der Waals surface area contributed by atoms with Gasteiger partial charge in [0, 0.05) is 5.69 Å². The molecule has 0 saturated carbocycles. The molecule has 0 atom stereocenters. The number of benzene rings is 4. The van der Waals surface area contributed by atoms with Gasteiger partial charge in [0.15, 0.2) is 0 Å². The lowest BCUT2D eigenvalue weighted by Crippen LogP contribution is -2.38. The highest BCUT2D eigenvalue weighted by atomic mass is 32.2. The average Bonchev–Trinajstić information content (AvgIpc) is 2.90. The molecule has 0 fully saturated rings. The van der Waals surface area contributed by atoms with Crippen LogP contribution in [-0.2, 0) is 21.2 Å². The molecule has 4 aromatic rings. The smallest absolute Gasteiger partial charge is 0.264 e. The number of hydrogen-bond donors (Lipinski definition) is 1. The fourth-order valence-electron chi connectivity index (χ4n) is 3.47. The molecule has 4 aromatic carbocycles. The van der Waals surface area contributed by atoms with Crippen molar-refractivity contribution in [1.29, 1.82) is 5.26 Å². The summed E-state index contributed by atoms with van der Waals surface area (Å²) in [6, 6.07) is 32.6. The van der Waals surface area contributed by atoms with E-state index < -0.39 is 22.5 Å². The Morgan fingerprint density at radius 1 is 0.806 bits per heavy atom. The maximum atomic E-state index is 13.5. The van der Waals surface area contributed by atoms with E-state index >= 15 is 0 Å². The number of nitrogens with zero attached hydrogens (tertiary/aromatic N) is 2. The summed E-state index contributed by atoms with van der Waals surface area (Å²) in [5.74, 6) is 0.676. The molecular formula is C28H23N3O4S. The van der Waals surface area contributed by atoms with E-state index in [4.69, 9.17) is 10.00 Å². The maximum Gasteiger partial charge on any atom is 0.264 e. The molecule has 0 aliphatic carbocycles. The molecule has 8 heteroatoms. The lowest BCUT2D eigenvalue weighted by Gasteiger charge is -2.24. The van der Waals surface area contributed by atoms with Crippen molar-refractivity contribution in [3.63, 3.8) is 0 Å². The minimum Gasteiger partial charge on any atom is -0.457 e. The van der Waals surface area contributed by atoms with Gasteiger partial charge < -0.3 is 10.1 Å². The van der Waals surface area contributed by atoms with Crippen molar-refractivity contribution < 1.29 is 17.9 Å². The summed E-state index contributed by atoms with van der Waals surface area (Å²) in [6.07, 6.45) is 0.265. The van der Waals surface area contributed by atoms with Crippen LogP contribution in [0.15, 0.2) is 114 Å². The van der Waals surface area contributed by atoms with Gasteiger partial charge in [-0.25, -0.2) is 8.42 Å². The van der Waals surface area contributed by atoms with Crippen LogP contribution in [-0.4, -0.2) is 20.9 Å². The number of hydrogen-bond acceptors (Lipinski definition) is 5. The molecule has 7 nitrogen and oxygen atoms in total. The Balaban J connectivity index is 1.58. The molecule has 0 unspecified atom stereocenters. The molecule has 0 aliphatic rings. The van der Waals surface area contributed by atoms with Crippen molar-refractivity contribution in [3.8, 4) is 17.6 Å². The average molecular weight is 498 g/mol. The number of ether oxygens (including phenoxy) is 1. The zero-order chi connectivity index (χ0) is 25.4. The van der Waals surface area contributed by atoms with Crippen LogP contribution in [0.4, 0.5) is 11.4 Å². The molecule has 0 bridgehead atoms. The fraction of sp³-hybridized carbons (Fsp3) is 0.0714. The molecule has 180 valence electrons. The molecule has 36 heavy (non-hydrogen) atoms. The molecule has 0 radical (unpaired) electrons. The highest BCUT2D eigenvalue weighted by Crippen LogP contribution is 2.28. The first-order valence-corrected chi connectivity index (χ1v) is 12.6. The van der Waals surface area contributed by atoms with Gasteiger partial charge in [-0.2, -0.15) is 5.26 Å². The lowest BCUT2D eigenvalue weighted by atomic mass is 10.1. The summed E-state index contributed by atoms with van der Waals surface area (Å²) in [7, 11) is -4.03. The van der Waals surface area contributed by atoms with Crippen molar-refractivity contribution in [2.45, 2.75) is 11.3 Å². The predicted octanol–water partition coefficient (Wildman–Crippen LogP) is 5.38. The molecule has 0 aliphatic heterocycles. The van der Waals surface area contributed by atoms with E-state index in [-0.39, 0.29) is 11.3 Å². The van der Waals surface area contributed by atoms with Crippen LogP contribution in [0.5, 0.6) is 11.5 Å². The first-order chi connectivity index (χ1) is 17.5. The van der Waals surface area contributed by atoms with Crippen LogP contribution < -0.4 is 14.4 Å². The second kappa shape index (κ2) is 11.2. The maximum absolute atomic E-state index is 13.5. The Kier molecular flexibility index (Phi) is 7.63. The van der Waals surface area contributed by atoms with E-state index in [1.165, 1.54) is 12.1 Å². The third kappa shape index (κ3) is 6.09. The lowest BCUT2D eigenvalue weighted by molar-refractivity contribution is -0.114. The van der Waals surface area contributed by atoms with Crippen LogP contribution in [0, 0.1) is 11.3 Å². The van der Waals surface area contributed by atoms with Gasteiger partial charge in [-0.1, -0.05) is 48.5 Å². The first-order valence-electron chi connectivity index (χ1n) is 11.1. The van der Waals surface area contributed by atoms with E-state index in [0.717, 1.165) is 9.87 Å². The molecule has 0 saturated heterocycles. The molecule has 0 aromatic heterocycles.